The summed E-state index contributed by atoms with van der Waals surface area (Å²) >= 11 is 7.54. The molecule has 0 bridgehead atoms. The highest BCUT2D eigenvalue weighted by Gasteiger charge is 2.16. The molecule has 0 aliphatic rings. The molecule has 0 fully saturated rings. The third kappa shape index (κ3) is 3.40. The van der Waals surface area contributed by atoms with Crippen LogP contribution in [0.15, 0.2) is 58.7 Å². The first-order valence-corrected chi connectivity index (χ1v) is 9.61. The van der Waals surface area contributed by atoms with Gasteiger partial charge in [0, 0.05) is 11.6 Å². The molecule has 29 heavy (non-hydrogen) atoms. The van der Waals surface area contributed by atoms with E-state index < -0.39 is 11.6 Å². The minimum atomic E-state index is -0.608. The van der Waals surface area contributed by atoms with Crippen LogP contribution in [0.3, 0.4) is 0 Å². The van der Waals surface area contributed by atoms with E-state index in [4.69, 9.17) is 11.6 Å². The maximum absolute atomic E-state index is 13.7. The molecule has 2 aromatic heterocycles. The van der Waals surface area contributed by atoms with Crippen molar-refractivity contribution in [1.29, 1.82) is 5.26 Å². The van der Waals surface area contributed by atoms with Gasteiger partial charge in [0.25, 0.3) is 5.56 Å². The van der Waals surface area contributed by atoms with E-state index in [2.05, 4.69) is 4.98 Å². The van der Waals surface area contributed by atoms with Gasteiger partial charge in [-0.3, -0.25) is 9.36 Å². The third-order valence-electron chi connectivity index (χ3n) is 4.24. The van der Waals surface area contributed by atoms with Crippen molar-refractivity contribution < 1.29 is 9.50 Å². The minimum absolute atomic E-state index is 0.00197. The molecule has 4 rings (SSSR count). The van der Waals surface area contributed by atoms with Crippen molar-refractivity contribution in [2.45, 2.75) is 0 Å². The highest BCUT2D eigenvalue weighted by atomic mass is 35.5. The summed E-state index contributed by atoms with van der Waals surface area (Å²) in [5.41, 5.74) is 0.584. The highest BCUT2D eigenvalue weighted by molar-refractivity contribution is 7.17. The zero-order chi connectivity index (χ0) is 20.5. The fourth-order valence-electron chi connectivity index (χ4n) is 2.92. The average molecular weight is 424 g/mol. The van der Waals surface area contributed by atoms with Crippen LogP contribution in [0.2, 0.25) is 5.02 Å². The van der Waals surface area contributed by atoms with Gasteiger partial charge in [0.15, 0.2) is 0 Å². The number of hydrogen-bond acceptors (Lipinski definition) is 5. The molecule has 4 aromatic rings. The number of rotatable bonds is 3. The van der Waals surface area contributed by atoms with Gasteiger partial charge in [-0.15, -0.1) is 11.3 Å². The number of para-hydroxylation sites is 1. The number of benzene rings is 2. The molecule has 2 aromatic carbocycles. The molecular formula is C21H11ClFN3O2S. The van der Waals surface area contributed by atoms with E-state index in [1.165, 1.54) is 28.0 Å². The predicted molar refractivity (Wildman–Crippen MR) is 112 cm³/mol. The Morgan fingerprint density at radius 1 is 1.28 bits per heavy atom. The quantitative estimate of drug-likeness (QED) is 0.461. The van der Waals surface area contributed by atoms with E-state index >= 15 is 0 Å². The second-order valence-corrected chi connectivity index (χ2v) is 7.35. The summed E-state index contributed by atoms with van der Waals surface area (Å²) in [6, 6.07) is 13.8. The number of halogens is 2. The number of nitrogens with zero attached hydrogens (tertiary/aromatic N) is 3. The fraction of sp³-hybridized carbons (Fsp3) is 0. The van der Waals surface area contributed by atoms with Crippen LogP contribution in [0.25, 0.3) is 27.7 Å². The van der Waals surface area contributed by atoms with Crippen molar-refractivity contribution in [3.05, 3.63) is 92.1 Å². The van der Waals surface area contributed by atoms with E-state index in [9.17, 15) is 19.6 Å². The second kappa shape index (κ2) is 7.51. The third-order valence-corrected chi connectivity index (χ3v) is 5.45. The van der Waals surface area contributed by atoms with Crippen molar-refractivity contribution in [3.63, 3.8) is 0 Å². The Bertz CT molecular complexity index is 1380. The lowest BCUT2D eigenvalue weighted by Gasteiger charge is -2.12. The average Bonchev–Trinajstić information content (AvgIpc) is 3.18. The largest absolute Gasteiger partial charge is 0.507 e. The molecule has 0 amide bonds. The molecule has 0 aliphatic carbocycles. The molecule has 0 radical (unpaired) electrons. The number of thiophene rings is 1. The van der Waals surface area contributed by atoms with E-state index in [1.807, 2.05) is 6.07 Å². The maximum Gasteiger partial charge on any atom is 0.276 e. The van der Waals surface area contributed by atoms with E-state index in [0.29, 0.717) is 20.9 Å². The summed E-state index contributed by atoms with van der Waals surface area (Å²) in [5, 5.41) is 21.9. The predicted octanol–water partition coefficient (Wildman–Crippen LogP) is 5.17. The van der Waals surface area contributed by atoms with Crippen molar-refractivity contribution in [2.75, 3.05) is 0 Å². The fourth-order valence-corrected chi connectivity index (χ4v) is 3.90. The first kappa shape index (κ1) is 18.9. The number of nitriles is 1. The lowest BCUT2D eigenvalue weighted by Crippen LogP contribution is -2.21. The molecule has 2 heterocycles. The Labute approximate surface area is 173 Å². The first-order chi connectivity index (χ1) is 14.0. The number of aromatic nitrogens is 2. The maximum atomic E-state index is 13.7. The van der Waals surface area contributed by atoms with Crippen LogP contribution >= 0.6 is 22.9 Å². The van der Waals surface area contributed by atoms with Gasteiger partial charge < -0.3 is 5.11 Å². The standard InChI is InChI=1S/C21H11ClFN3O2S/c22-15-3-1-2-4-17(15)26-19(25-16-7-8-29-20(16)21(26)28)10-18(27)14-9-13(23)6-5-12(14)11-24/h1-10,27H. The number of aliphatic hydroxyl groups excluding tert-OH is 1. The molecule has 0 saturated heterocycles. The Morgan fingerprint density at radius 2 is 2.07 bits per heavy atom. The van der Waals surface area contributed by atoms with E-state index in [-0.39, 0.29) is 22.5 Å². The molecule has 142 valence electrons. The van der Waals surface area contributed by atoms with E-state index in [1.54, 1.807) is 35.7 Å². The number of fused-ring (bicyclic) bond motifs is 1. The molecule has 1 N–H and O–H groups in total. The van der Waals surface area contributed by atoms with Crippen LogP contribution in [-0.2, 0) is 0 Å². The van der Waals surface area contributed by atoms with Gasteiger partial charge >= 0.3 is 0 Å². The van der Waals surface area contributed by atoms with Crippen LogP contribution in [0.1, 0.15) is 17.0 Å². The van der Waals surface area contributed by atoms with Crippen molar-refractivity contribution in [2.24, 2.45) is 0 Å². The first-order valence-electron chi connectivity index (χ1n) is 8.35. The monoisotopic (exact) mass is 423 g/mol. The molecule has 0 spiro atoms. The highest BCUT2D eigenvalue weighted by Crippen LogP contribution is 2.25. The van der Waals surface area contributed by atoms with Crippen LogP contribution < -0.4 is 5.56 Å². The van der Waals surface area contributed by atoms with Gasteiger partial charge in [-0.05, 0) is 41.8 Å². The smallest absolute Gasteiger partial charge is 0.276 e. The van der Waals surface area contributed by atoms with Gasteiger partial charge in [0.05, 0.1) is 27.9 Å². The summed E-state index contributed by atoms with van der Waals surface area (Å²) < 4.78 is 15.4. The van der Waals surface area contributed by atoms with Gasteiger partial charge in [-0.1, -0.05) is 23.7 Å². The Hall–Kier alpha value is -3.47. The Kier molecular flexibility index (Phi) is 4.89. The van der Waals surface area contributed by atoms with Crippen LogP contribution in [0.5, 0.6) is 0 Å². The van der Waals surface area contributed by atoms with Gasteiger partial charge in [-0.2, -0.15) is 5.26 Å². The lowest BCUT2D eigenvalue weighted by atomic mass is 10.1. The zero-order valence-electron chi connectivity index (χ0n) is 14.6. The van der Waals surface area contributed by atoms with Crippen LogP contribution in [0, 0.1) is 17.1 Å². The molecule has 0 aliphatic heterocycles. The second-order valence-electron chi connectivity index (χ2n) is 6.03. The van der Waals surface area contributed by atoms with Gasteiger partial charge in [0.1, 0.15) is 22.1 Å². The number of hydrogen-bond donors (Lipinski definition) is 1. The molecule has 0 unspecified atom stereocenters. The van der Waals surface area contributed by atoms with Gasteiger partial charge in [-0.25, -0.2) is 9.37 Å². The van der Waals surface area contributed by atoms with Crippen LogP contribution in [0.4, 0.5) is 4.39 Å². The topological polar surface area (TPSA) is 78.9 Å². The summed E-state index contributed by atoms with van der Waals surface area (Å²) in [5.74, 6) is -0.910. The number of aliphatic hydroxyl groups is 1. The van der Waals surface area contributed by atoms with E-state index in [0.717, 1.165) is 12.1 Å². The summed E-state index contributed by atoms with van der Waals surface area (Å²) in [6.07, 6.45) is 1.22. The van der Waals surface area contributed by atoms with Crippen molar-refractivity contribution in [1.82, 2.24) is 9.55 Å². The lowest BCUT2D eigenvalue weighted by molar-refractivity contribution is 0.513. The van der Waals surface area contributed by atoms with Crippen LogP contribution in [-0.4, -0.2) is 14.7 Å². The Balaban J connectivity index is 2.02. The molecular weight excluding hydrogens is 413 g/mol. The summed E-state index contributed by atoms with van der Waals surface area (Å²) in [6.45, 7) is 0. The summed E-state index contributed by atoms with van der Waals surface area (Å²) in [7, 11) is 0. The van der Waals surface area contributed by atoms with Crippen molar-refractivity contribution in [3.8, 4) is 11.8 Å². The summed E-state index contributed by atoms with van der Waals surface area (Å²) in [4.78, 5) is 17.6. The van der Waals surface area contributed by atoms with Gasteiger partial charge in [0.2, 0.25) is 0 Å². The Morgan fingerprint density at radius 3 is 2.83 bits per heavy atom. The zero-order valence-corrected chi connectivity index (χ0v) is 16.2. The van der Waals surface area contributed by atoms with Crippen molar-refractivity contribution >= 4 is 45.0 Å². The molecule has 8 heteroatoms. The molecule has 5 nitrogen and oxygen atoms in total. The SMILES string of the molecule is N#Cc1ccc(F)cc1C(O)=Cc1nc2ccsc2c(=O)n1-c1ccccc1Cl. The molecule has 0 saturated carbocycles. The minimum Gasteiger partial charge on any atom is -0.507 e. The normalized spacial score (nSPS) is 11.6. The molecule has 0 atom stereocenters.